The molecule has 5 N–H and O–H groups in total. The highest BCUT2D eigenvalue weighted by Crippen LogP contribution is 2.07. The van der Waals surface area contributed by atoms with Crippen molar-refractivity contribution in [2.75, 3.05) is 19.7 Å². The Morgan fingerprint density at radius 3 is 2.27 bits per heavy atom. The van der Waals surface area contributed by atoms with E-state index in [1.54, 1.807) is 0 Å². The van der Waals surface area contributed by atoms with Crippen LogP contribution in [0.1, 0.15) is 33.6 Å². The summed E-state index contributed by atoms with van der Waals surface area (Å²) in [5.74, 6) is -2.18. The summed E-state index contributed by atoms with van der Waals surface area (Å²) in [5.41, 5.74) is 0. The van der Waals surface area contributed by atoms with Gasteiger partial charge in [-0.05, 0) is 18.9 Å². The molecule has 8 nitrogen and oxygen atoms in total. The molecule has 0 rings (SSSR count). The maximum Gasteiger partial charge on any atom is 0.328 e. The van der Waals surface area contributed by atoms with Crippen LogP contribution in [0.25, 0.3) is 0 Å². The molecule has 0 aromatic rings. The van der Waals surface area contributed by atoms with Crippen molar-refractivity contribution in [3.05, 3.63) is 0 Å². The maximum atomic E-state index is 12.1. The molecular weight excluding hydrogens is 290 g/mol. The Morgan fingerprint density at radius 2 is 1.82 bits per heavy atom. The molecule has 3 atom stereocenters. The zero-order valence-electron chi connectivity index (χ0n) is 13.4. The van der Waals surface area contributed by atoms with Gasteiger partial charge in [-0.2, -0.15) is 0 Å². The molecule has 22 heavy (non-hydrogen) atoms. The first kappa shape index (κ1) is 20.3. The minimum absolute atomic E-state index is 0.110. The van der Waals surface area contributed by atoms with E-state index in [1.165, 1.54) is 0 Å². The molecule has 0 radical (unpaired) electrons. The standard InChI is InChI=1S/C14H27N3O5/c1-4-6-15-12(9(3)5-2)13(20)16-7-11(19)17-10(8-18)14(21)22/h9-10,12,15,18H,4-8H2,1-3H3,(H,16,20)(H,17,19)(H,21,22). The number of amides is 2. The van der Waals surface area contributed by atoms with Crippen LogP contribution < -0.4 is 16.0 Å². The largest absolute Gasteiger partial charge is 0.480 e. The summed E-state index contributed by atoms with van der Waals surface area (Å²) < 4.78 is 0. The topological polar surface area (TPSA) is 128 Å². The quantitative estimate of drug-likeness (QED) is 0.335. The van der Waals surface area contributed by atoms with E-state index in [1.807, 2.05) is 20.8 Å². The van der Waals surface area contributed by atoms with Gasteiger partial charge in [0.1, 0.15) is 6.04 Å². The van der Waals surface area contributed by atoms with Gasteiger partial charge in [0.2, 0.25) is 11.8 Å². The molecule has 128 valence electrons. The SMILES string of the molecule is CCCNC(C(=O)NCC(=O)NC(CO)C(=O)O)C(C)CC. The Kier molecular flexibility index (Phi) is 10.1. The summed E-state index contributed by atoms with van der Waals surface area (Å²) in [4.78, 5) is 34.4. The molecule has 8 heteroatoms. The molecule has 0 heterocycles. The fraction of sp³-hybridized carbons (Fsp3) is 0.786. The van der Waals surface area contributed by atoms with Crippen molar-refractivity contribution in [3.8, 4) is 0 Å². The fourth-order valence-electron chi connectivity index (χ4n) is 1.80. The Morgan fingerprint density at radius 1 is 1.18 bits per heavy atom. The van der Waals surface area contributed by atoms with Crippen molar-refractivity contribution in [1.29, 1.82) is 0 Å². The van der Waals surface area contributed by atoms with E-state index in [9.17, 15) is 14.4 Å². The molecule has 0 aromatic heterocycles. The molecule has 0 aromatic carbocycles. The second kappa shape index (κ2) is 11.0. The van der Waals surface area contributed by atoms with Gasteiger partial charge in [-0.25, -0.2) is 4.79 Å². The first-order chi connectivity index (χ1) is 10.4. The van der Waals surface area contributed by atoms with Gasteiger partial charge in [-0.1, -0.05) is 27.2 Å². The second-order valence-electron chi connectivity index (χ2n) is 5.18. The van der Waals surface area contributed by atoms with E-state index in [-0.39, 0.29) is 18.4 Å². The van der Waals surface area contributed by atoms with E-state index < -0.39 is 30.6 Å². The molecule has 0 spiro atoms. The Bertz CT molecular complexity index is 375. The van der Waals surface area contributed by atoms with E-state index >= 15 is 0 Å². The molecule has 0 saturated heterocycles. The smallest absolute Gasteiger partial charge is 0.328 e. The zero-order chi connectivity index (χ0) is 17.1. The van der Waals surface area contributed by atoms with Crippen molar-refractivity contribution >= 4 is 17.8 Å². The van der Waals surface area contributed by atoms with Gasteiger partial charge in [0, 0.05) is 0 Å². The maximum absolute atomic E-state index is 12.1. The lowest BCUT2D eigenvalue weighted by Gasteiger charge is -2.23. The van der Waals surface area contributed by atoms with Crippen LogP contribution in [0.4, 0.5) is 0 Å². The minimum atomic E-state index is -1.37. The van der Waals surface area contributed by atoms with Gasteiger partial charge in [-0.15, -0.1) is 0 Å². The summed E-state index contributed by atoms with van der Waals surface area (Å²) in [6, 6.07) is -1.76. The molecule has 0 aliphatic rings. The van der Waals surface area contributed by atoms with Crippen molar-refractivity contribution in [2.24, 2.45) is 5.92 Å². The zero-order valence-corrected chi connectivity index (χ0v) is 13.4. The third-order valence-corrected chi connectivity index (χ3v) is 3.35. The number of nitrogens with one attached hydrogen (secondary N) is 3. The van der Waals surface area contributed by atoms with Crippen molar-refractivity contribution in [2.45, 2.75) is 45.7 Å². The number of carboxylic acids is 1. The number of hydrogen-bond donors (Lipinski definition) is 5. The predicted molar refractivity (Wildman–Crippen MR) is 81.2 cm³/mol. The first-order valence-corrected chi connectivity index (χ1v) is 7.51. The van der Waals surface area contributed by atoms with E-state index in [0.717, 1.165) is 12.8 Å². The van der Waals surface area contributed by atoms with Crippen LogP contribution in [-0.4, -0.2) is 59.8 Å². The molecule has 0 fully saturated rings. The molecule has 3 unspecified atom stereocenters. The highest BCUT2D eigenvalue weighted by atomic mass is 16.4. The van der Waals surface area contributed by atoms with E-state index in [2.05, 4.69) is 16.0 Å². The third kappa shape index (κ3) is 7.37. The van der Waals surface area contributed by atoms with Crippen LogP contribution in [0.2, 0.25) is 0 Å². The van der Waals surface area contributed by atoms with Crippen LogP contribution in [0, 0.1) is 5.92 Å². The lowest BCUT2D eigenvalue weighted by molar-refractivity contribution is -0.142. The predicted octanol–water partition coefficient (Wildman–Crippen LogP) is -0.921. The van der Waals surface area contributed by atoms with Crippen LogP contribution in [0.15, 0.2) is 0 Å². The van der Waals surface area contributed by atoms with Crippen molar-refractivity contribution in [3.63, 3.8) is 0 Å². The van der Waals surface area contributed by atoms with Crippen LogP contribution >= 0.6 is 0 Å². The van der Waals surface area contributed by atoms with Crippen LogP contribution in [0.5, 0.6) is 0 Å². The number of hydrogen-bond acceptors (Lipinski definition) is 5. The highest BCUT2D eigenvalue weighted by molar-refractivity contribution is 5.89. The summed E-state index contributed by atoms with van der Waals surface area (Å²) >= 11 is 0. The van der Waals surface area contributed by atoms with Crippen LogP contribution in [-0.2, 0) is 14.4 Å². The molecule has 2 amide bonds. The molecular formula is C14H27N3O5. The number of aliphatic hydroxyl groups is 1. The molecule has 0 saturated carbocycles. The monoisotopic (exact) mass is 317 g/mol. The van der Waals surface area contributed by atoms with Crippen molar-refractivity contribution < 1.29 is 24.6 Å². The summed E-state index contributed by atoms with van der Waals surface area (Å²) in [6.45, 7) is 5.57. The van der Waals surface area contributed by atoms with Crippen molar-refractivity contribution in [1.82, 2.24) is 16.0 Å². The molecule has 0 aliphatic heterocycles. The van der Waals surface area contributed by atoms with Gasteiger partial charge < -0.3 is 26.2 Å². The molecule has 0 aliphatic carbocycles. The van der Waals surface area contributed by atoms with Crippen LogP contribution in [0.3, 0.4) is 0 Å². The lowest BCUT2D eigenvalue weighted by atomic mass is 9.98. The normalized spacial score (nSPS) is 14.7. The second-order valence-corrected chi connectivity index (χ2v) is 5.18. The van der Waals surface area contributed by atoms with Gasteiger partial charge in [0.15, 0.2) is 0 Å². The number of rotatable bonds is 11. The number of carbonyl (C=O) groups excluding carboxylic acids is 2. The highest BCUT2D eigenvalue weighted by Gasteiger charge is 2.24. The molecule has 0 bridgehead atoms. The number of aliphatic carboxylic acids is 1. The Labute approximate surface area is 130 Å². The summed E-state index contributed by atoms with van der Waals surface area (Å²) in [6.07, 6.45) is 1.70. The Balaban J connectivity index is 4.42. The van der Waals surface area contributed by atoms with E-state index in [0.29, 0.717) is 6.54 Å². The third-order valence-electron chi connectivity index (χ3n) is 3.35. The fourth-order valence-corrected chi connectivity index (χ4v) is 1.80. The lowest BCUT2D eigenvalue weighted by Crippen LogP contribution is -2.52. The van der Waals surface area contributed by atoms with Gasteiger partial charge >= 0.3 is 5.97 Å². The Hall–Kier alpha value is -1.67. The summed E-state index contributed by atoms with van der Waals surface area (Å²) in [5, 5.41) is 25.3. The first-order valence-electron chi connectivity index (χ1n) is 7.51. The average molecular weight is 317 g/mol. The van der Waals surface area contributed by atoms with E-state index in [4.69, 9.17) is 10.2 Å². The minimum Gasteiger partial charge on any atom is -0.480 e. The number of carbonyl (C=O) groups is 3. The number of carboxylic acid groups (broad SMARTS) is 1. The van der Waals surface area contributed by atoms with Gasteiger partial charge in [0.25, 0.3) is 0 Å². The summed E-state index contributed by atoms with van der Waals surface area (Å²) in [7, 11) is 0. The average Bonchev–Trinajstić information content (AvgIpc) is 2.50. The number of aliphatic hydroxyl groups excluding tert-OH is 1. The van der Waals surface area contributed by atoms with Gasteiger partial charge in [0.05, 0.1) is 19.2 Å². The van der Waals surface area contributed by atoms with Gasteiger partial charge in [-0.3, -0.25) is 9.59 Å².